The van der Waals surface area contributed by atoms with Gasteiger partial charge >= 0.3 is 0 Å². The van der Waals surface area contributed by atoms with Crippen LogP contribution in [-0.2, 0) is 0 Å². The van der Waals surface area contributed by atoms with Crippen LogP contribution in [-0.4, -0.2) is 16.3 Å². The number of hydrogen-bond donors (Lipinski definition) is 2. The van der Waals surface area contributed by atoms with Crippen LogP contribution in [0, 0.1) is 5.92 Å². The molecular weight excluding hydrogens is 264 g/mol. The topological polar surface area (TPSA) is 49.7 Å². The second-order valence-electron chi connectivity index (χ2n) is 5.65. The molecule has 2 aromatic rings. The van der Waals surface area contributed by atoms with Crippen LogP contribution in [0.1, 0.15) is 25.0 Å². The van der Waals surface area contributed by atoms with Crippen LogP contribution in [0.4, 0.5) is 0 Å². The Morgan fingerprint density at radius 3 is 2.29 bits per heavy atom. The van der Waals surface area contributed by atoms with Crippen molar-refractivity contribution in [3.8, 4) is 17.2 Å². The largest absolute Gasteiger partial charge is 0.508 e. The Bertz CT molecular complexity index is 684. The molecule has 0 aromatic heterocycles. The van der Waals surface area contributed by atoms with Crippen molar-refractivity contribution in [3.05, 3.63) is 53.6 Å². The predicted molar refractivity (Wildman–Crippen MR) is 83.3 cm³/mol. The Labute approximate surface area is 124 Å². The first kappa shape index (κ1) is 13.6. The summed E-state index contributed by atoms with van der Waals surface area (Å²) in [6.07, 6.45) is 2.01. The average molecular weight is 282 g/mol. The number of rotatable bonds is 2. The lowest BCUT2D eigenvalue weighted by atomic mass is 9.89. The molecule has 3 heteroatoms. The fraction of sp³-hybridized carbons (Fsp3) is 0.222. The van der Waals surface area contributed by atoms with Gasteiger partial charge in [-0.25, -0.2) is 0 Å². The molecule has 108 valence electrons. The minimum absolute atomic E-state index is 0.0798. The summed E-state index contributed by atoms with van der Waals surface area (Å²) in [6.45, 7) is 4.21. The number of hydrogen-bond acceptors (Lipinski definition) is 3. The maximum Gasteiger partial charge on any atom is 0.131 e. The van der Waals surface area contributed by atoms with Crippen molar-refractivity contribution in [2.75, 3.05) is 0 Å². The van der Waals surface area contributed by atoms with Gasteiger partial charge in [-0.2, -0.15) is 0 Å². The summed E-state index contributed by atoms with van der Waals surface area (Å²) in [5.41, 5.74) is 3.07. The predicted octanol–water partition coefficient (Wildman–Crippen LogP) is 4.06. The Morgan fingerprint density at radius 1 is 0.952 bits per heavy atom. The molecule has 0 saturated carbocycles. The molecule has 1 aliphatic heterocycles. The summed E-state index contributed by atoms with van der Waals surface area (Å²) in [5.74, 6) is 1.46. The second kappa shape index (κ2) is 5.17. The number of ether oxygens (including phenoxy) is 1. The number of fused-ring (bicyclic) bond motifs is 1. The third-order valence-corrected chi connectivity index (χ3v) is 3.67. The fourth-order valence-electron chi connectivity index (χ4n) is 2.59. The van der Waals surface area contributed by atoms with E-state index in [9.17, 15) is 10.2 Å². The fourth-order valence-corrected chi connectivity index (χ4v) is 2.59. The summed E-state index contributed by atoms with van der Waals surface area (Å²) in [7, 11) is 0. The highest BCUT2D eigenvalue weighted by Crippen LogP contribution is 2.38. The monoisotopic (exact) mass is 282 g/mol. The van der Waals surface area contributed by atoms with Crippen molar-refractivity contribution >= 4 is 11.6 Å². The molecule has 3 rings (SSSR count). The average Bonchev–Trinajstić information content (AvgIpc) is 2.46. The minimum Gasteiger partial charge on any atom is -0.508 e. The van der Waals surface area contributed by atoms with Crippen LogP contribution in [0.5, 0.6) is 17.2 Å². The van der Waals surface area contributed by atoms with Gasteiger partial charge in [0.2, 0.25) is 0 Å². The molecule has 3 nitrogen and oxygen atoms in total. The first-order valence-corrected chi connectivity index (χ1v) is 7.05. The maximum absolute atomic E-state index is 9.60. The van der Waals surface area contributed by atoms with E-state index in [2.05, 4.69) is 19.9 Å². The third-order valence-electron chi connectivity index (χ3n) is 3.67. The van der Waals surface area contributed by atoms with Gasteiger partial charge in [0.05, 0.1) is 0 Å². The van der Waals surface area contributed by atoms with Crippen LogP contribution < -0.4 is 4.74 Å². The van der Waals surface area contributed by atoms with Gasteiger partial charge in [0.25, 0.3) is 0 Å². The van der Waals surface area contributed by atoms with Crippen molar-refractivity contribution < 1.29 is 14.9 Å². The summed E-state index contributed by atoms with van der Waals surface area (Å²) in [6, 6.07) is 12.3. The van der Waals surface area contributed by atoms with Gasteiger partial charge < -0.3 is 14.9 Å². The molecule has 2 N–H and O–H groups in total. The standard InChI is InChI=1S/C18H18O3/c1-11(2)18-16(12-3-6-14(19)7-4-12)9-13-5-8-15(20)10-17(13)21-18/h3-11,18-20H,1-2H3. The number of phenolic OH excluding ortho intramolecular Hbond substituents is 2. The Kier molecular flexibility index (Phi) is 3.34. The molecule has 0 fully saturated rings. The van der Waals surface area contributed by atoms with E-state index in [1.54, 1.807) is 24.3 Å². The molecule has 0 radical (unpaired) electrons. The van der Waals surface area contributed by atoms with E-state index in [0.29, 0.717) is 11.7 Å². The summed E-state index contributed by atoms with van der Waals surface area (Å²) >= 11 is 0. The normalized spacial score (nSPS) is 17.1. The first-order chi connectivity index (χ1) is 10.0. The molecule has 0 amide bonds. The van der Waals surface area contributed by atoms with E-state index in [4.69, 9.17) is 4.74 Å². The highest BCUT2D eigenvalue weighted by molar-refractivity contribution is 5.87. The van der Waals surface area contributed by atoms with Gasteiger partial charge in [-0.3, -0.25) is 0 Å². The Balaban J connectivity index is 2.10. The minimum atomic E-state index is -0.0798. The molecule has 2 aromatic carbocycles. The van der Waals surface area contributed by atoms with Gasteiger partial charge in [-0.15, -0.1) is 0 Å². The SMILES string of the molecule is CC(C)C1Oc2cc(O)ccc2C=C1c1ccc(O)cc1. The van der Waals surface area contributed by atoms with Crippen molar-refractivity contribution in [2.45, 2.75) is 20.0 Å². The molecular formula is C18H18O3. The van der Waals surface area contributed by atoms with Crippen molar-refractivity contribution in [2.24, 2.45) is 5.92 Å². The van der Waals surface area contributed by atoms with Gasteiger partial charge in [-0.1, -0.05) is 26.0 Å². The molecule has 0 aliphatic carbocycles. The molecule has 1 heterocycles. The number of aromatic hydroxyl groups is 2. The number of phenols is 2. The smallest absolute Gasteiger partial charge is 0.131 e. The lowest BCUT2D eigenvalue weighted by molar-refractivity contribution is 0.203. The lowest BCUT2D eigenvalue weighted by Crippen LogP contribution is -2.27. The second-order valence-corrected chi connectivity index (χ2v) is 5.65. The van der Waals surface area contributed by atoms with Gasteiger partial charge in [0.1, 0.15) is 23.4 Å². The van der Waals surface area contributed by atoms with E-state index in [1.165, 1.54) is 0 Å². The lowest BCUT2D eigenvalue weighted by Gasteiger charge is -2.30. The first-order valence-electron chi connectivity index (χ1n) is 7.05. The van der Waals surface area contributed by atoms with Crippen LogP contribution in [0.15, 0.2) is 42.5 Å². The molecule has 1 atom stereocenters. The number of benzene rings is 2. The van der Waals surface area contributed by atoms with Crippen molar-refractivity contribution in [3.63, 3.8) is 0 Å². The zero-order valence-electron chi connectivity index (χ0n) is 12.1. The molecule has 1 unspecified atom stereocenters. The molecule has 0 spiro atoms. The highest BCUT2D eigenvalue weighted by atomic mass is 16.5. The zero-order valence-corrected chi connectivity index (χ0v) is 12.1. The van der Waals surface area contributed by atoms with Crippen LogP contribution in [0.2, 0.25) is 0 Å². The van der Waals surface area contributed by atoms with Gasteiger partial charge in [-0.05, 0) is 41.8 Å². The van der Waals surface area contributed by atoms with E-state index in [1.807, 2.05) is 18.2 Å². The van der Waals surface area contributed by atoms with Crippen molar-refractivity contribution in [1.29, 1.82) is 0 Å². The van der Waals surface area contributed by atoms with Crippen LogP contribution in [0.3, 0.4) is 0 Å². The van der Waals surface area contributed by atoms with E-state index in [0.717, 1.165) is 16.7 Å². The quantitative estimate of drug-likeness (QED) is 0.873. The summed E-state index contributed by atoms with van der Waals surface area (Å²) in [5, 5.41) is 19.0. The third kappa shape index (κ3) is 2.59. The van der Waals surface area contributed by atoms with E-state index in [-0.39, 0.29) is 17.6 Å². The van der Waals surface area contributed by atoms with Gasteiger partial charge in [0.15, 0.2) is 0 Å². The summed E-state index contributed by atoms with van der Waals surface area (Å²) in [4.78, 5) is 0. The molecule has 1 aliphatic rings. The molecule has 0 bridgehead atoms. The Hall–Kier alpha value is -2.42. The zero-order chi connectivity index (χ0) is 15.0. The molecule has 0 saturated heterocycles. The van der Waals surface area contributed by atoms with Crippen LogP contribution >= 0.6 is 0 Å². The van der Waals surface area contributed by atoms with Gasteiger partial charge in [0, 0.05) is 17.2 Å². The van der Waals surface area contributed by atoms with E-state index >= 15 is 0 Å². The Morgan fingerprint density at radius 2 is 1.62 bits per heavy atom. The van der Waals surface area contributed by atoms with E-state index < -0.39 is 0 Å². The highest BCUT2D eigenvalue weighted by Gasteiger charge is 2.26. The maximum atomic E-state index is 9.60. The summed E-state index contributed by atoms with van der Waals surface area (Å²) < 4.78 is 6.08. The van der Waals surface area contributed by atoms with Crippen molar-refractivity contribution in [1.82, 2.24) is 0 Å². The van der Waals surface area contributed by atoms with Crippen LogP contribution in [0.25, 0.3) is 11.6 Å². The molecule has 21 heavy (non-hydrogen) atoms.